The van der Waals surface area contributed by atoms with Gasteiger partial charge < -0.3 is 10.2 Å². The number of benzene rings is 3. The third-order valence-electron chi connectivity index (χ3n) is 5.74. The summed E-state index contributed by atoms with van der Waals surface area (Å²) in [5.74, 6) is -1.79. The van der Waals surface area contributed by atoms with E-state index in [9.17, 15) is 22.4 Å². The van der Waals surface area contributed by atoms with Gasteiger partial charge in [0.25, 0.3) is 0 Å². The van der Waals surface area contributed by atoms with Gasteiger partial charge in [-0.25, -0.2) is 12.8 Å². The first-order valence-corrected chi connectivity index (χ1v) is 14.7. The van der Waals surface area contributed by atoms with Crippen LogP contribution in [0.25, 0.3) is 0 Å². The summed E-state index contributed by atoms with van der Waals surface area (Å²) < 4.78 is 41.5. The predicted octanol–water partition coefficient (Wildman–Crippen LogP) is 4.52. The third-order valence-corrected chi connectivity index (χ3v) is 7.36. The van der Waals surface area contributed by atoms with Gasteiger partial charge in [0.1, 0.15) is 18.4 Å². The number of carbonyl (C=O) groups is 2. The Bertz CT molecular complexity index is 1370. The molecule has 0 aliphatic rings. The summed E-state index contributed by atoms with van der Waals surface area (Å²) >= 11 is 3.43. The topological polar surface area (TPSA) is 86.8 Å². The zero-order valence-corrected chi connectivity index (χ0v) is 23.9. The summed E-state index contributed by atoms with van der Waals surface area (Å²) in [6, 6.07) is 20.8. The molecular weight excluding hydrogens is 573 g/mol. The molecule has 0 radical (unpaired) electrons. The second-order valence-corrected chi connectivity index (χ2v) is 12.1. The highest BCUT2D eigenvalue weighted by Crippen LogP contribution is 2.23. The number of rotatable bonds is 11. The van der Waals surface area contributed by atoms with Crippen molar-refractivity contribution in [2.45, 2.75) is 38.9 Å². The first-order valence-electron chi connectivity index (χ1n) is 12.1. The van der Waals surface area contributed by atoms with Gasteiger partial charge in [0, 0.05) is 23.5 Å². The largest absolute Gasteiger partial charge is 0.352 e. The normalized spacial score (nSPS) is 12.2. The molecule has 3 rings (SSSR count). The van der Waals surface area contributed by atoms with Crippen molar-refractivity contribution in [1.82, 2.24) is 10.2 Å². The average Bonchev–Trinajstić information content (AvgIpc) is 2.84. The minimum Gasteiger partial charge on any atom is -0.352 e. The van der Waals surface area contributed by atoms with Crippen LogP contribution in [0.15, 0.2) is 83.3 Å². The number of amides is 2. The number of anilines is 1. The lowest BCUT2D eigenvalue weighted by atomic mass is 10.0. The zero-order chi connectivity index (χ0) is 27.9. The van der Waals surface area contributed by atoms with Gasteiger partial charge in [0.2, 0.25) is 21.8 Å². The van der Waals surface area contributed by atoms with Crippen molar-refractivity contribution in [2.75, 3.05) is 17.1 Å². The fraction of sp³-hybridized carbons (Fsp3) is 0.286. The lowest BCUT2D eigenvalue weighted by Crippen LogP contribution is -2.54. The summed E-state index contributed by atoms with van der Waals surface area (Å²) in [6.07, 6.45) is 1.12. The van der Waals surface area contributed by atoms with Crippen molar-refractivity contribution in [3.05, 3.63) is 100 Å². The van der Waals surface area contributed by atoms with Crippen LogP contribution in [0.4, 0.5) is 10.1 Å². The van der Waals surface area contributed by atoms with Gasteiger partial charge in [-0.05, 0) is 49.2 Å². The second-order valence-electron chi connectivity index (χ2n) is 9.24. The van der Waals surface area contributed by atoms with Crippen molar-refractivity contribution in [1.29, 1.82) is 0 Å². The molecular formula is C28H31BrFN3O4S. The lowest BCUT2D eigenvalue weighted by Gasteiger charge is -2.34. The fourth-order valence-corrected chi connectivity index (χ4v) is 5.31. The van der Waals surface area contributed by atoms with E-state index in [1.807, 2.05) is 68.4 Å². The number of carbonyl (C=O) groups excluding carboxylic acids is 2. The second kappa shape index (κ2) is 13.0. The predicted molar refractivity (Wildman–Crippen MR) is 150 cm³/mol. The van der Waals surface area contributed by atoms with Gasteiger partial charge in [-0.15, -0.1) is 0 Å². The first-order chi connectivity index (χ1) is 18.0. The van der Waals surface area contributed by atoms with E-state index in [0.717, 1.165) is 32.2 Å². The van der Waals surface area contributed by atoms with Crippen LogP contribution >= 0.6 is 15.9 Å². The minimum absolute atomic E-state index is 0.0379. The number of nitrogens with zero attached hydrogens (tertiary/aromatic N) is 2. The van der Waals surface area contributed by atoms with Crippen LogP contribution in [-0.4, -0.2) is 50.0 Å². The molecule has 0 spiro atoms. The van der Waals surface area contributed by atoms with Gasteiger partial charge in [-0.3, -0.25) is 13.9 Å². The van der Waals surface area contributed by atoms with E-state index in [0.29, 0.717) is 0 Å². The van der Waals surface area contributed by atoms with Crippen molar-refractivity contribution >= 4 is 43.5 Å². The molecule has 1 N–H and O–H groups in total. The van der Waals surface area contributed by atoms with Gasteiger partial charge >= 0.3 is 0 Å². The van der Waals surface area contributed by atoms with Crippen molar-refractivity contribution in [2.24, 2.45) is 0 Å². The summed E-state index contributed by atoms with van der Waals surface area (Å²) in [5, 5.41) is 2.89. The summed E-state index contributed by atoms with van der Waals surface area (Å²) in [4.78, 5) is 28.7. The number of hydrogen-bond acceptors (Lipinski definition) is 4. The van der Waals surface area contributed by atoms with Crippen LogP contribution in [0, 0.1) is 5.82 Å². The Labute approximate surface area is 231 Å². The van der Waals surface area contributed by atoms with Gasteiger partial charge in [-0.1, -0.05) is 70.5 Å². The molecule has 0 fully saturated rings. The van der Waals surface area contributed by atoms with Crippen molar-refractivity contribution in [3.8, 4) is 0 Å². The number of halogens is 2. The van der Waals surface area contributed by atoms with Crippen LogP contribution in [0.3, 0.4) is 0 Å². The molecule has 10 heteroatoms. The van der Waals surface area contributed by atoms with Crippen LogP contribution in [-0.2, 0) is 32.6 Å². The van der Waals surface area contributed by atoms with E-state index in [-0.39, 0.29) is 30.6 Å². The van der Waals surface area contributed by atoms with Gasteiger partial charge in [-0.2, -0.15) is 0 Å². The Morgan fingerprint density at radius 2 is 1.58 bits per heavy atom. The fourth-order valence-electron chi connectivity index (χ4n) is 4.02. The number of para-hydroxylation sites is 1. The summed E-state index contributed by atoms with van der Waals surface area (Å²) in [7, 11) is -4.03. The Morgan fingerprint density at radius 3 is 2.18 bits per heavy atom. The number of hydrogen-bond donors (Lipinski definition) is 1. The quantitative estimate of drug-likeness (QED) is 0.349. The Hall–Kier alpha value is -3.24. The van der Waals surface area contributed by atoms with E-state index in [1.54, 1.807) is 0 Å². The van der Waals surface area contributed by atoms with Crippen LogP contribution < -0.4 is 9.62 Å². The van der Waals surface area contributed by atoms with Crippen LogP contribution in [0.5, 0.6) is 0 Å². The SMILES string of the molecule is CC(C)NC(=O)[C@@H](Cc1ccccc1)N(Cc1cccc(Br)c1)C(=O)CN(c1ccccc1F)S(C)(=O)=O. The molecule has 3 aromatic rings. The van der Waals surface area contributed by atoms with E-state index in [1.165, 1.54) is 23.1 Å². The molecule has 0 unspecified atom stereocenters. The Balaban J connectivity index is 2.07. The molecule has 0 aliphatic carbocycles. The Morgan fingerprint density at radius 1 is 0.947 bits per heavy atom. The van der Waals surface area contributed by atoms with E-state index in [2.05, 4.69) is 21.2 Å². The maximum atomic E-state index is 14.6. The maximum absolute atomic E-state index is 14.6. The van der Waals surface area contributed by atoms with E-state index >= 15 is 0 Å². The Kier molecular flexibility index (Phi) is 10.0. The van der Waals surface area contributed by atoms with Gasteiger partial charge in [0.15, 0.2) is 0 Å². The molecule has 7 nitrogen and oxygen atoms in total. The summed E-state index contributed by atoms with van der Waals surface area (Å²) in [6.45, 7) is 3.01. The highest BCUT2D eigenvalue weighted by molar-refractivity contribution is 9.10. The third kappa shape index (κ3) is 8.13. The monoisotopic (exact) mass is 603 g/mol. The molecule has 0 saturated carbocycles. The van der Waals surface area contributed by atoms with E-state index in [4.69, 9.17) is 0 Å². The zero-order valence-electron chi connectivity index (χ0n) is 21.5. The lowest BCUT2D eigenvalue weighted by molar-refractivity contribution is -0.140. The van der Waals surface area contributed by atoms with Crippen LogP contribution in [0.2, 0.25) is 0 Å². The number of nitrogens with one attached hydrogen (secondary N) is 1. The molecule has 1 atom stereocenters. The van der Waals surface area contributed by atoms with Crippen molar-refractivity contribution in [3.63, 3.8) is 0 Å². The molecule has 3 aromatic carbocycles. The van der Waals surface area contributed by atoms with E-state index < -0.39 is 34.3 Å². The molecule has 0 heterocycles. The highest BCUT2D eigenvalue weighted by Gasteiger charge is 2.33. The molecule has 0 aliphatic heterocycles. The molecule has 0 bridgehead atoms. The molecule has 0 saturated heterocycles. The maximum Gasteiger partial charge on any atom is 0.244 e. The number of sulfonamides is 1. The first kappa shape index (κ1) is 29.3. The van der Waals surface area contributed by atoms with Crippen LogP contribution in [0.1, 0.15) is 25.0 Å². The highest BCUT2D eigenvalue weighted by atomic mass is 79.9. The summed E-state index contributed by atoms with van der Waals surface area (Å²) in [5.41, 5.74) is 1.33. The molecule has 0 aromatic heterocycles. The minimum atomic E-state index is -4.03. The standard InChI is InChI=1S/C28H31BrFN3O4S/c1-20(2)31-28(35)26(17-21-10-5-4-6-11-21)32(18-22-12-9-13-23(29)16-22)27(34)19-33(38(3,36)37)25-15-8-7-14-24(25)30/h4-16,20,26H,17-19H2,1-3H3,(H,31,35)/t26-/m1/s1. The van der Waals surface area contributed by atoms with Crippen molar-refractivity contribution < 1.29 is 22.4 Å². The molecule has 202 valence electrons. The molecule has 38 heavy (non-hydrogen) atoms. The van der Waals surface area contributed by atoms with Gasteiger partial charge in [0.05, 0.1) is 11.9 Å². The average molecular weight is 605 g/mol. The smallest absolute Gasteiger partial charge is 0.244 e. The molecule has 2 amide bonds.